The first-order valence-electron chi connectivity index (χ1n) is 7.48. The van der Waals surface area contributed by atoms with Crippen molar-refractivity contribution in [3.63, 3.8) is 0 Å². The Morgan fingerprint density at radius 2 is 2.05 bits per heavy atom. The van der Waals surface area contributed by atoms with Gasteiger partial charge in [-0.2, -0.15) is 4.98 Å². The fourth-order valence-corrected chi connectivity index (χ4v) is 2.88. The van der Waals surface area contributed by atoms with E-state index in [1.807, 2.05) is 19.9 Å². The number of hydrogen-bond donors (Lipinski definition) is 1. The number of aryl methyl sites for hydroxylation is 1. The fourth-order valence-electron chi connectivity index (χ4n) is 2.88. The molecule has 19 heavy (non-hydrogen) atoms. The lowest BCUT2D eigenvalue weighted by molar-refractivity contribution is 0.313. The molecule has 1 aromatic rings. The van der Waals surface area contributed by atoms with Gasteiger partial charge in [0.15, 0.2) is 0 Å². The Morgan fingerprint density at radius 1 is 1.26 bits per heavy atom. The minimum atomic E-state index is 0.509. The van der Waals surface area contributed by atoms with Crippen LogP contribution in [0.1, 0.15) is 51.6 Å². The topological polar surface area (TPSA) is 47.0 Å². The standard InChI is InChI=1S/C15H25N3O/c1-4-12-8-6-7-9-13(12)17-15-16-11(3)10-14(18-15)19-5-2/h10,12-13H,4-9H2,1-3H3,(H,16,17,18). The van der Waals surface area contributed by atoms with Gasteiger partial charge in [0.2, 0.25) is 11.8 Å². The highest BCUT2D eigenvalue weighted by molar-refractivity contribution is 5.32. The molecule has 4 nitrogen and oxygen atoms in total. The third-order valence-electron chi connectivity index (χ3n) is 3.87. The van der Waals surface area contributed by atoms with E-state index in [0.717, 1.165) is 11.6 Å². The van der Waals surface area contributed by atoms with Crippen LogP contribution in [0, 0.1) is 12.8 Å². The van der Waals surface area contributed by atoms with E-state index < -0.39 is 0 Å². The number of nitrogens with zero attached hydrogens (tertiary/aromatic N) is 2. The van der Waals surface area contributed by atoms with Crippen molar-refractivity contribution >= 4 is 5.95 Å². The first-order valence-corrected chi connectivity index (χ1v) is 7.48. The molecule has 0 spiro atoms. The van der Waals surface area contributed by atoms with Gasteiger partial charge in [-0.15, -0.1) is 0 Å². The van der Waals surface area contributed by atoms with Crippen LogP contribution < -0.4 is 10.1 Å². The monoisotopic (exact) mass is 263 g/mol. The summed E-state index contributed by atoms with van der Waals surface area (Å²) in [6.45, 7) is 6.86. The fraction of sp³-hybridized carbons (Fsp3) is 0.733. The summed E-state index contributed by atoms with van der Waals surface area (Å²) in [7, 11) is 0. The zero-order chi connectivity index (χ0) is 13.7. The van der Waals surface area contributed by atoms with E-state index in [4.69, 9.17) is 4.74 Å². The molecule has 1 heterocycles. The minimum Gasteiger partial charge on any atom is -0.478 e. The Hall–Kier alpha value is -1.32. The first-order chi connectivity index (χ1) is 9.22. The molecule has 1 aromatic heterocycles. The number of nitrogens with one attached hydrogen (secondary N) is 1. The maximum absolute atomic E-state index is 5.48. The molecule has 1 aliphatic rings. The lowest BCUT2D eigenvalue weighted by Gasteiger charge is -2.31. The average Bonchev–Trinajstić information content (AvgIpc) is 2.39. The summed E-state index contributed by atoms with van der Waals surface area (Å²) in [5.74, 6) is 2.13. The third-order valence-corrected chi connectivity index (χ3v) is 3.87. The molecule has 0 amide bonds. The number of ether oxygens (including phenoxy) is 1. The molecule has 0 radical (unpaired) electrons. The van der Waals surface area contributed by atoms with E-state index in [9.17, 15) is 0 Å². The van der Waals surface area contributed by atoms with Crippen LogP contribution in [0.2, 0.25) is 0 Å². The van der Waals surface area contributed by atoms with Crippen LogP contribution in [0.25, 0.3) is 0 Å². The molecule has 0 aromatic carbocycles. The predicted octanol–water partition coefficient (Wildman–Crippen LogP) is 3.56. The Morgan fingerprint density at radius 3 is 2.79 bits per heavy atom. The van der Waals surface area contributed by atoms with E-state index in [1.54, 1.807) is 0 Å². The average molecular weight is 263 g/mol. The van der Waals surface area contributed by atoms with Crippen LogP contribution in [-0.2, 0) is 0 Å². The highest BCUT2D eigenvalue weighted by Gasteiger charge is 2.24. The second-order valence-electron chi connectivity index (χ2n) is 5.31. The van der Waals surface area contributed by atoms with E-state index in [-0.39, 0.29) is 0 Å². The Kier molecular flexibility index (Phi) is 5.00. The number of anilines is 1. The van der Waals surface area contributed by atoms with Gasteiger partial charge < -0.3 is 10.1 Å². The van der Waals surface area contributed by atoms with Gasteiger partial charge in [0.05, 0.1) is 6.61 Å². The highest BCUT2D eigenvalue weighted by Crippen LogP contribution is 2.29. The summed E-state index contributed by atoms with van der Waals surface area (Å²) < 4.78 is 5.48. The molecule has 2 atom stereocenters. The normalized spacial score (nSPS) is 23.1. The van der Waals surface area contributed by atoms with Crippen molar-refractivity contribution in [2.24, 2.45) is 5.92 Å². The predicted molar refractivity (Wildman–Crippen MR) is 77.6 cm³/mol. The lowest BCUT2D eigenvalue weighted by Crippen LogP contribution is -2.32. The van der Waals surface area contributed by atoms with Gasteiger partial charge in [-0.1, -0.05) is 26.2 Å². The molecule has 2 rings (SSSR count). The second-order valence-corrected chi connectivity index (χ2v) is 5.31. The summed E-state index contributed by atoms with van der Waals surface area (Å²) in [6.07, 6.45) is 6.42. The maximum atomic E-state index is 5.48. The molecule has 1 N–H and O–H groups in total. The van der Waals surface area contributed by atoms with Crippen LogP contribution in [0.5, 0.6) is 5.88 Å². The molecule has 0 aliphatic heterocycles. The van der Waals surface area contributed by atoms with Crippen molar-refractivity contribution in [2.75, 3.05) is 11.9 Å². The SMILES string of the molecule is CCOc1cc(C)nc(NC2CCCCC2CC)n1. The summed E-state index contributed by atoms with van der Waals surface area (Å²) in [5.41, 5.74) is 0.949. The van der Waals surface area contributed by atoms with Crippen molar-refractivity contribution in [2.45, 2.75) is 58.9 Å². The Bertz CT molecular complexity index is 408. The molecule has 0 saturated heterocycles. The Balaban J connectivity index is 2.08. The van der Waals surface area contributed by atoms with Gasteiger partial charge in [0.1, 0.15) is 0 Å². The van der Waals surface area contributed by atoms with E-state index in [1.165, 1.54) is 32.1 Å². The van der Waals surface area contributed by atoms with Crippen molar-refractivity contribution in [1.29, 1.82) is 0 Å². The minimum absolute atomic E-state index is 0.509. The van der Waals surface area contributed by atoms with Gasteiger partial charge in [-0.3, -0.25) is 0 Å². The Labute approximate surface area is 116 Å². The van der Waals surface area contributed by atoms with Gasteiger partial charge in [-0.25, -0.2) is 4.98 Å². The van der Waals surface area contributed by atoms with Gasteiger partial charge in [0, 0.05) is 17.8 Å². The maximum Gasteiger partial charge on any atom is 0.226 e. The molecule has 0 bridgehead atoms. The molecule has 1 aliphatic carbocycles. The zero-order valence-electron chi connectivity index (χ0n) is 12.3. The number of aromatic nitrogens is 2. The van der Waals surface area contributed by atoms with E-state index in [2.05, 4.69) is 22.2 Å². The summed E-state index contributed by atoms with van der Waals surface area (Å²) in [5, 5.41) is 3.52. The smallest absolute Gasteiger partial charge is 0.226 e. The third kappa shape index (κ3) is 3.82. The van der Waals surface area contributed by atoms with Gasteiger partial charge in [0.25, 0.3) is 0 Å². The van der Waals surface area contributed by atoms with Crippen molar-refractivity contribution in [3.05, 3.63) is 11.8 Å². The van der Waals surface area contributed by atoms with Crippen molar-refractivity contribution in [1.82, 2.24) is 9.97 Å². The summed E-state index contributed by atoms with van der Waals surface area (Å²) in [4.78, 5) is 8.92. The molecular formula is C15H25N3O. The van der Waals surface area contributed by atoms with Crippen LogP contribution in [0.3, 0.4) is 0 Å². The molecule has 106 valence electrons. The zero-order valence-corrected chi connectivity index (χ0v) is 12.3. The van der Waals surface area contributed by atoms with Gasteiger partial charge in [-0.05, 0) is 32.6 Å². The van der Waals surface area contributed by atoms with E-state index in [0.29, 0.717) is 24.5 Å². The second kappa shape index (κ2) is 6.73. The first kappa shape index (κ1) is 14.1. The summed E-state index contributed by atoms with van der Waals surface area (Å²) in [6, 6.07) is 2.39. The molecule has 1 fully saturated rings. The number of rotatable bonds is 5. The van der Waals surface area contributed by atoms with Crippen LogP contribution in [-0.4, -0.2) is 22.6 Å². The molecular weight excluding hydrogens is 238 g/mol. The van der Waals surface area contributed by atoms with E-state index >= 15 is 0 Å². The highest BCUT2D eigenvalue weighted by atomic mass is 16.5. The summed E-state index contributed by atoms with van der Waals surface area (Å²) >= 11 is 0. The quantitative estimate of drug-likeness (QED) is 0.882. The molecule has 4 heteroatoms. The van der Waals surface area contributed by atoms with Crippen molar-refractivity contribution in [3.8, 4) is 5.88 Å². The van der Waals surface area contributed by atoms with Gasteiger partial charge >= 0.3 is 0 Å². The number of hydrogen-bond acceptors (Lipinski definition) is 4. The van der Waals surface area contributed by atoms with Crippen LogP contribution >= 0.6 is 0 Å². The molecule has 2 unspecified atom stereocenters. The van der Waals surface area contributed by atoms with Crippen LogP contribution in [0.15, 0.2) is 6.07 Å². The largest absolute Gasteiger partial charge is 0.478 e. The van der Waals surface area contributed by atoms with Crippen molar-refractivity contribution < 1.29 is 4.74 Å². The lowest BCUT2D eigenvalue weighted by atomic mass is 9.83. The molecule has 1 saturated carbocycles. The van der Waals surface area contributed by atoms with Crippen LogP contribution in [0.4, 0.5) is 5.95 Å².